The lowest BCUT2D eigenvalue weighted by molar-refractivity contribution is -0.383. The van der Waals surface area contributed by atoms with E-state index in [1.54, 1.807) is 25.2 Å². The lowest BCUT2D eigenvalue weighted by Gasteiger charge is -2.27. The van der Waals surface area contributed by atoms with Crippen LogP contribution < -0.4 is 10.6 Å². The van der Waals surface area contributed by atoms with Crippen molar-refractivity contribution in [2.75, 3.05) is 24.2 Å². The molecule has 6 heteroatoms. The van der Waals surface area contributed by atoms with Crippen LogP contribution in [0.1, 0.15) is 38.5 Å². The Balaban J connectivity index is 2.14. The van der Waals surface area contributed by atoms with Crippen LogP contribution in [0.5, 0.6) is 0 Å². The minimum atomic E-state index is -0.764. The molecule has 2 rings (SSSR count). The highest BCUT2D eigenvalue weighted by Crippen LogP contribution is 2.34. The fraction of sp³-hybridized carbons (Fsp3) is 0.600. The third-order valence-corrected chi connectivity index (χ3v) is 4.13. The van der Waals surface area contributed by atoms with Gasteiger partial charge in [0.05, 0.1) is 10.5 Å². The van der Waals surface area contributed by atoms with Crippen molar-refractivity contribution in [3.63, 3.8) is 0 Å². The largest absolute Gasteiger partial charge is 0.388 e. The van der Waals surface area contributed by atoms with Crippen molar-refractivity contribution >= 4 is 17.1 Å². The number of hydrogen-bond donors (Lipinski definition) is 3. The minimum Gasteiger partial charge on any atom is -0.388 e. The number of hydrogen-bond acceptors (Lipinski definition) is 5. The van der Waals surface area contributed by atoms with Crippen molar-refractivity contribution in [2.24, 2.45) is 0 Å². The topological polar surface area (TPSA) is 87.4 Å². The number of anilines is 2. The maximum Gasteiger partial charge on any atom is 0.315 e. The highest BCUT2D eigenvalue weighted by Gasteiger charge is 2.29. The molecule has 0 atom stereocenters. The van der Waals surface area contributed by atoms with Crippen LogP contribution in [0.2, 0.25) is 0 Å². The van der Waals surface area contributed by atoms with E-state index in [2.05, 4.69) is 10.6 Å². The molecule has 1 aromatic rings. The maximum absolute atomic E-state index is 11.3. The monoisotopic (exact) mass is 293 g/mol. The molecule has 1 saturated carbocycles. The van der Waals surface area contributed by atoms with Gasteiger partial charge in [-0.3, -0.25) is 10.1 Å². The minimum absolute atomic E-state index is 0.0252. The summed E-state index contributed by atoms with van der Waals surface area (Å²) in [5.74, 6) is 0. The third-order valence-electron chi connectivity index (χ3n) is 4.13. The van der Waals surface area contributed by atoms with E-state index in [-0.39, 0.29) is 5.69 Å². The summed E-state index contributed by atoms with van der Waals surface area (Å²) in [6.45, 7) is 0.348. The first-order valence-electron chi connectivity index (χ1n) is 7.47. The van der Waals surface area contributed by atoms with Gasteiger partial charge in [0.1, 0.15) is 11.4 Å². The van der Waals surface area contributed by atoms with Crippen molar-refractivity contribution in [1.82, 2.24) is 0 Å². The molecule has 0 amide bonds. The highest BCUT2D eigenvalue weighted by atomic mass is 16.6. The van der Waals surface area contributed by atoms with E-state index in [1.807, 2.05) is 0 Å². The van der Waals surface area contributed by atoms with Gasteiger partial charge in [-0.15, -0.1) is 0 Å². The standard InChI is InChI=1S/C15H23N3O3/c1-16-12-7-6-8-13(14(12)18(20)21)17-11-15(19)9-4-2-3-5-10-15/h6-8,16-17,19H,2-5,9-11H2,1H3. The number of nitro benzene ring substituents is 1. The van der Waals surface area contributed by atoms with Crippen LogP contribution in [0.3, 0.4) is 0 Å². The number of nitro groups is 1. The van der Waals surface area contributed by atoms with Crippen molar-refractivity contribution in [3.05, 3.63) is 28.3 Å². The van der Waals surface area contributed by atoms with E-state index >= 15 is 0 Å². The lowest BCUT2D eigenvalue weighted by atomic mass is 9.94. The first-order valence-corrected chi connectivity index (χ1v) is 7.47. The molecule has 0 saturated heterocycles. The Morgan fingerprint density at radius 2 is 1.86 bits per heavy atom. The molecule has 0 spiro atoms. The maximum atomic E-state index is 11.3. The summed E-state index contributed by atoms with van der Waals surface area (Å²) in [7, 11) is 1.66. The quantitative estimate of drug-likeness (QED) is 0.441. The van der Waals surface area contributed by atoms with Gasteiger partial charge < -0.3 is 15.7 Å². The summed E-state index contributed by atoms with van der Waals surface area (Å²) in [5.41, 5.74) is 0.180. The number of para-hydroxylation sites is 1. The van der Waals surface area contributed by atoms with E-state index in [1.165, 1.54) is 0 Å². The van der Waals surface area contributed by atoms with Gasteiger partial charge in [0.15, 0.2) is 0 Å². The second kappa shape index (κ2) is 6.76. The molecule has 21 heavy (non-hydrogen) atoms. The molecular weight excluding hydrogens is 270 g/mol. The summed E-state index contributed by atoms with van der Waals surface area (Å²) in [5, 5.41) is 27.8. The first kappa shape index (κ1) is 15.6. The van der Waals surface area contributed by atoms with E-state index in [0.29, 0.717) is 17.9 Å². The van der Waals surface area contributed by atoms with Crippen molar-refractivity contribution in [2.45, 2.75) is 44.1 Å². The van der Waals surface area contributed by atoms with Crippen molar-refractivity contribution in [3.8, 4) is 0 Å². The Labute approximate surface area is 124 Å². The SMILES string of the molecule is CNc1cccc(NCC2(O)CCCCCC2)c1[N+](=O)[O-]. The van der Waals surface area contributed by atoms with Crippen molar-refractivity contribution in [1.29, 1.82) is 0 Å². The van der Waals surface area contributed by atoms with E-state index in [9.17, 15) is 15.2 Å². The van der Waals surface area contributed by atoms with Crippen LogP contribution in [0.4, 0.5) is 17.1 Å². The molecule has 0 bridgehead atoms. The predicted molar refractivity (Wildman–Crippen MR) is 83.8 cm³/mol. The van der Waals surface area contributed by atoms with Crippen LogP contribution in [-0.2, 0) is 0 Å². The van der Waals surface area contributed by atoms with Gasteiger partial charge in [0, 0.05) is 13.6 Å². The molecule has 0 aromatic heterocycles. The van der Waals surface area contributed by atoms with Crippen LogP contribution in [0.15, 0.2) is 18.2 Å². The molecule has 3 N–H and O–H groups in total. The van der Waals surface area contributed by atoms with Gasteiger partial charge in [0.2, 0.25) is 0 Å². The van der Waals surface area contributed by atoms with E-state index in [0.717, 1.165) is 38.5 Å². The van der Waals surface area contributed by atoms with Gasteiger partial charge >= 0.3 is 5.69 Å². The number of aliphatic hydroxyl groups is 1. The number of benzene rings is 1. The first-order chi connectivity index (χ1) is 10.1. The zero-order valence-corrected chi connectivity index (χ0v) is 12.4. The van der Waals surface area contributed by atoms with E-state index < -0.39 is 10.5 Å². The normalized spacial score (nSPS) is 17.8. The Kier molecular flexibility index (Phi) is 5.01. The Morgan fingerprint density at radius 1 is 1.24 bits per heavy atom. The molecular formula is C15H23N3O3. The molecule has 0 radical (unpaired) electrons. The summed E-state index contributed by atoms with van der Waals surface area (Å²) in [6, 6.07) is 5.11. The van der Waals surface area contributed by atoms with Gasteiger partial charge in [0.25, 0.3) is 0 Å². The van der Waals surface area contributed by atoms with Gasteiger partial charge in [-0.2, -0.15) is 0 Å². The lowest BCUT2D eigenvalue weighted by Crippen LogP contribution is -2.36. The van der Waals surface area contributed by atoms with Gasteiger partial charge in [-0.25, -0.2) is 0 Å². The molecule has 1 aliphatic carbocycles. The number of nitrogens with one attached hydrogen (secondary N) is 2. The Bertz CT molecular complexity index is 497. The highest BCUT2D eigenvalue weighted by molar-refractivity contribution is 5.76. The van der Waals surface area contributed by atoms with Gasteiger partial charge in [-0.1, -0.05) is 31.7 Å². The molecule has 0 heterocycles. The molecule has 116 valence electrons. The van der Waals surface area contributed by atoms with Crippen LogP contribution >= 0.6 is 0 Å². The van der Waals surface area contributed by atoms with Gasteiger partial charge in [-0.05, 0) is 25.0 Å². The molecule has 6 nitrogen and oxygen atoms in total. The second-order valence-electron chi connectivity index (χ2n) is 5.70. The average molecular weight is 293 g/mol. The fourth-order valence-electron chi connectivity index (χ4n) is 2.91. The zero-order chi connectivity index (χ0) is 15.3. The summed E-state index contributed by atoms with van der Waals surface area (Å²) < 4.78 is 0. The smallest absolute Gasteiger partial charge is 0.315 e. The summed E-state index contributed by atoms with van der Waals surface area (Å²) in [6.07, 6.45) is 5.82. The summed E-state index contributed by atoms with van der Waals surface area (Å²) >= 11 is 0. The van der Waals surface area contributed by atoms with Crippen LogP contribution in [0.25, 0.3) is 0 Å². The molecule has 1 aromatic carbocycles. The molecule has 1 fully saturated rings. The second-order valence-corrected chi connectivity index (χ2v) is 5.70. The van der Waals surface area contributed by atoms with E-state index in [4.69, 9.17) is 0 Å². The average Bonchev–Trinajstić information content (AvgIpc) is 2.69. The van der Waals surface area contributed by atoms with Crippen LogP contribution in [0, 0.1) is 10.1 Å². The van der Waals surface area contributed by atoms with Crippen LogP contribution in [-0.4, -0.2) is 29.2 Å². The summed E-state index contributed by atoms with van der Waals surface area (Å²) in [4.78, 5) is 10.9. The Morgan fingerprint density at radius 3 is 2.43 bits per heavy atom. The third kappa shape index (κ3) is 3.85. The number of rotatable bonds is 5. The van der Waals surface area contributed by atoms with Crippen molar-refractivity contribution < 1.29 is 10.0 Å². The Hall–Kier alpha value is -1.82. The zero-order valence-electron chi connectivity index (χ0n) is 12.4. The molecule has 1 aliphatic rings. The molecule has 0 unspecified atom stereocenters. The fourth-order valence-corrected chi connectivity index (χ4v) is 2.91. The molecule has 0 aliphatic heterocycles. The number of nitrogens with zero attached hydrogens (tertiary/aromatic N) is 1. The predicted octanol–water partition coefficient (Wildman–Crippen LogP) is 3.13.